The lowest BCUT2D eigenvalue weighted by Crippen LogP contribution is -2.26. The van der Waals surface area contributed by atoms with Gasteiger partial charge in [0, 0.05) is 43.9 Å². The van der Waals surface area contributed by atoms with Gasteiger partial charge >= 0.3 is 6.55 Å². The van der Waals surface area contributed by atoms with Crippen LogP contribution in [0.4, 0.5) is 8.78 Å². The van der Waals surface area contributed by atoms with Crippen molar-refractivity contribution in [2.75, 3.05) is 6.54 Å². The van der Waals surface area contributed by atoms with Crippen LogP contribution in [0.2, 0.25) is 0 Å². The Kier molecular flexibility index (Phi) is 4.25. The molecule has 4 rings (SSSR count). The molecule has 3 aromatic heterocycles. The van der Waals surface area contributed by atoms with Crippen LogP contribution in [0.25, 0.3) is 22.2 Å². The number of amides is 1. The number of hydrogen-bond donors (Lipinski definition) is 1. The van der Waals surface area contributed by atoms with Crippen molar-refractivity contribution in [1.82, 2.24) is 29.9 Å². The summed E-state index contributed by atoms with van der Waals surface area (Å²) in [6, 6.07) is 1.71. The fourth-order valence-corrected chi connectivity index (χ4v) is 3.15. The molecule has 0 radical (unpaired) electrons. The second-order valence-electron chi connectivity index (χ2n) is 6.63. The molecule has 1 saturated heterocycles. The Bertz CT molecular complexity index is 999. The molecule has 2 atom stereocenters. The van der Waals surface area contributed by atoms with Crippen LogP contribution in [0.3, 0.4) is 0 Å². The Hall–Kier alpha value is -3.04. The summed E-state index contributed by atoms with van der Waals surface area (Å²) in [5.74, 6) is 0.395. The first-order valence-corrected chi connectivity index (χ1v) is 8.51. The highest BCUT2D eigenvalue weighted by Crippen LogP contribution is 2.31. The molecule has 0 unspecified atom stereocenters. The van der Waals surface area contributed by atoms with Gasteiger partial charge < -0.3 is 10.1 Å². The predicted octanol–water partition coefficient (Wildman–Crippen LogP) is 2.13. The van der Waals surface area contributed by atoms with Gasteiger partial charge in [-0.2, -0.15) is 19.0 Å². The van der Waals surface area contributed by atoms with Gasteiger partial charge in [0.1, 0.15) is 6.10 Å². The lowest BCUT2D eigenvalue weighted by molar-refractivity contribution is -0.119. The monoisotopic (exact) mass is 376 g/mol. The standard InChI is InChI=1S/C17H18F2N6O2/c1-9(10-3-15(26)20-5-10)27-16-12-8-24(2)23-14(12)4-13(22-16)11-6-21-25(7-11)17(18)19/h4,6-10,17H,3,5H2,1-2H3,(H,20,26)/t9-,10-/m1/s1. The Balaban J connectivity index is 1.70. The van der Waals surface area contributed by atoms with E-state index in [9.17, 15) is 13.6 Å². The minimum absolute atomic E-state index is 0.00287. The summed E-state index contributed by atoms with van der Waals surface area (Å²) in [4.78, 5) is 16.0. The van der Waals surface area contributed by atoms with E-state index < -0.39 is 6.55 Å². The van der Waals surface area contributed by atoms with Crippen molar-refractivity contribution < 1.29 is 18.3 Å². The van der Waals surface area contributed by atoms with Crippen LogP contribution in [-0.4, -0.2) is 43.1 Å². The van der Waals surface area contributed by atoms with Crippen LogP contribution >= 0.6 is 0 Å². The lowest BCUT2D eigenvalue weighted by Gasteiger charge is -2.19. The smallest absolute Gasteiger partial charge is 0.333 e. The summed E-state index contributed by atoms with van der Waals surface area (Å²) in [5, 5.41) is 11.5. The maximum Gasteiger partial charge on any atom is 0.333 e. The third-order valence-electron chi connectivity index (χ3n) is 4.65. The molecule has 0 saturated carbocycles. The fourth-order valence-electron chi connectivity index (χ4n) is 3.15. The zero-order valence-corrected chi connectivity index (χ0v) is 14.8. The number of alkyl halides is 2. The molecular weight excluding hydrogens is 358 g/mol. The molecule has 1 amide bonds. The van der Waals surface area contributed by atoms with Crippen molar-refractivity contribution in [3.8, 4) is 17.1 Å². The number of fused-ring (bicyclic) bond motifs is 1. The Morgan fingerprint density at radius 1 is 1.37 bits per heavy atom. The summed E-state index contributed by atoms with van der Waals surface area (Å²) < 4.78 is 33.9. The van der Waals surface area contributed by atoms with E-state index in [1.165, 1.54) is 12.4 Å². The lowest BCUT2D eigenvalue weighted by atomic mass is 10.0. The SMILES string of the molecule is C[C@@H](Oc1nc(-c2cnn(C(F)F)c2)cc2nn(C)cc12)[C@H]1CNC(=O)C1. The summed E-state index contributed by atoms with van der Waals surface area (Å²) in [7, 11) is 1.78. The molecule has 1 aliphatic rings. The van der Waals surface area contributed by atoms with Gasteiger partial charge in [0.05, 0.1) is 22.8 Å². The van der Waals surface area contributed by atoms with Crippen molar-refractivity contribution >= 4 is 16.8 Å². The van der Waals surface area contributed by atoms with Gasteiger partial charge in [-0.15, -0.1) is 0 Å². The van der Waals surface area contributed by atoms with E-state index >= 15 is 0 Å². The summed E-state index contributed by atoms with van der Waals surface area (Å²) >= 11 is 0. The van der Waals surface area contributed by atoms with Gasteiger partial charge in [-0.1, -0.05) is 0 Å². The van der Waals surface area contributed by atoms with Crippen molar-refractivity contribution in [2.24, 2.45) is 13.0 Å². The molecule has 3 aromatic rings. The third-order valence-corrected chi connectivity index (χ3v) is 4.65. The first-order chi connectivity index (χ1) is 12.9. The van der Waals surface area contributed by atoms with E-state index in [4.69, 9.17) is 4.74 Å². The second kappa shape index (κ2) is 6.60. The molecule has 1 aliphatic heterocycles. The second-order valence-corrected chi connectivity index (χ2v) is 6.63. The van der Waals surface area contributed by atoms with Gasteiger partial charge in [-0.05, 0) is 13.0 Å². The highest BCUT2D eigenvalue weighted by atomic mass is 19.3. The minimum Gasteiger partial charge on any atom is -0.474 e. The predicted molar refractivity (Wildman–Crippen MR) is 92.2 cm³/mol. The average molecular weight is 376 g/mol. The van der Waals surface area contributed by atoms with Crippen LogP contribution in [0.15, 0.2) is 24.7 Å². The zero-order chi connectivity index (χ0) is 19.1. The Morgan fingerprint density at radius 3 is 2.85 bits per heavy atom. The summed E-state index contributed by atoms with van der Waals surface area (Å²) in [5.41, 5.74) is 1.52. The van der Waals surface area contributed by atoms with Gasteiger partial charge in [0.2, 0.25) is 11.8 Å². The highest BCUT2D eigenvalue weighted by Gasteiger charge is 2.29. The number of aromatic nitrogens is 5. The number of halogens is 2. The molecule has 0 bridgehead atoms. The fraction of sp³-hybridized carbons (Fsp3) is 0.412. The molecule has 1 fully saturated rings. The number of pyridine rings is 1. The number of rotatable bonds is 5. The molecule has 1 N–H and O–H groups in total. The molecule has 0 aromatic carbocycles. The molecule has 27 heavy (non-hydrogen) atoms. The Labute approximate surface area is 153 Å². The average Bonchev–Trinajstić information content (AvgIpc) is 3.32. The molecule has 0 spiro atoms. The third kappa shape index (κ3) is 3.34. The van der Waals surface area contributed by atoms with Gasteiger partial charge in [-0.3, -0.25) is 9.48 Å². The van der Waals surface area contributed by atoms with Crippen molar-refractivity contribution in [1.29, 1.82) is 0 Å². The van der Waals surface area contributed by atoms with E-state index in [0.29, 0.717) is 45.7 Å². The largest absolute Gasteiger partial charge is 0.474 e. The van der Waals surface area contributed by atoms with Crippen LogP contribution < -0.4 is 10.1 Å². The minimum atomic E-state index is -2.72. The maximum atomic E-state index is 12.8. The highest BCUT2D eigenvalue weighted by molar-refractivity contribution is 5.86. The number of carbonyl (C=O) groups is 1. The Morgan fingerprint density at radius 2 is 2.19 bits per heavy atom. The normalized spacial score (nSPS) is 18.3. The number of nitrogens with one attached hydrogen (secondary N) is 1. The van der Waals surface area contributed by atoms with Crippen molar-refractivity contribution in [3.63, 3.8) is 0 Å². The van der Waals surface area contributed by atoms with Crippen LogP contribution in [-0.2, 0) is 11.8 Å². The van der Waals surface area contributed by atoms with Crippen molar-refractivity contribution in [2.45, 2.75) is 26.0 Å². The van der Waals surface area contributed by atoms with E-state index in [-0.39, 0.29) is 17.9 Å². The van der Waals surface area contributed by atoms with Crippen molar-refractivity contribution in [3.05, 3.63) is 24.7 Å². The van der Waals surface area contributed by atoms with Gasteiger partial charge in [0.15, 0.2) is 0 Å². The zero-order valence-electron chi connectivity index (χ0n) is 14.8. The molecular formula is C17H18F2N6O2. The first-order valence-electron chi connectivity index (χ1n) is 8.51. The van der Waals surface area contributed by atoms with E-state index in [2.05, 4.69) is 20.5 Å². The van der Waals surface area contributed by atoms with E-state index in [1.807, 2.05) is 6.92 Å². The van der Waals surface area contributed by atoms with E-state index in [0.717, 1.165) is 0 Å². The number of carbonyl (C=O) groups excluding carboxylic acids is 1. The van der Waals surface area contributed by atoms with Crippen LogP contribution in [0, 0.1) is 5.92 Å². The molecule has 4 heterocycles. The maximum absolute atomic E-state index is 12.8. The molecule has 142 valence electrons. The quantitative estimate of drug-likeness (QED) is 0.737. The first kappa shape index (κ1) is 17.4. The summed E-state index contributed by atoms with van der Waals surface area (Å²) in [6.07, 6.45) is 4.50. The number of ether oxygens (including phenoxy) is 1. The van der Waals surface area contributed by atoms with Gasteiger partial charge in [-0.25, -0.2) is 9.67 Å². The van der Waals surface area contributed by atoms with E-state index in [1.54, 1.807) is 24.0 Å². The molecule has 10 heteroatoms. The molecule has 0 aliphatic carbocycles. The number of hydrogen-bond acceptors (Lipinski definition) is 5. The van der Waals surface area contributed by atoms with Crippen LogP contribution in [0.1, 0.15) is 19.9 Å². The van der Waals surface area contributed by atoms with Gasteiger partial charge in [0.25, 0.3) is 0 Å². The number of nitrogens with zero attached hydrogens (tertiary/aromatic N) is 5. The topological polar surface area (TPSA) is 86.9 Å². The van der Waals surface area contributed by atoms with Crippen LogP contribution in [0.5, 0.6) is 5.88 Å². The summed E-state index contributed by atoms with van der Waals surface area (Å²) in [6.45, 7) is -0.284. The molecule has 8 nitrogen and oxygen atoms in total. The number of aryl methyl sites for hydroxylation is 1.